The number of aliphatic hydroxyl groups is 1. The average molecular weight is 283 g/mol. The number of pyridine rings is 1. The lowest BCUT2D eigenvalue weighted by molar-refractivity contribution is 0.191. The maximum absolute atomic E-state index is 9.86. The third kappa shape index (κ3) is 1.76. The van der Waals surface area contributed by atoms with Crippen LogP contribution in [0.5, 0.6) is 0 Å². The van der Waals surface area contributed by atoms with E-state index in [4.69, 9.17) is 0 Å². The summed E-state index contributed by atoms with van der Waals surface area (Å²) in [6.07, 6.45) is 1.42. The number of fused-ring (bicyclic) bond motifs is 1. The van der Waals surface area contributed by atoms with E-state index >= 15 is 0 Å². The van der Waals surface area contributed by atoms with Gasteiger partial charge in [0.2, 0.25) is 0 Å². The van der Waals surface area contributed by atoms with Crippen LogP contribution in [0.25, 0.3) is 5.65 Å². The molecule has 0 aliphatic carbocycles. The van der Waals surface area contributed by atoms with Crippen LogP contribution in [0, 0.1) is 0 Å². The van der Waals surface area contributed by atoms with E-state index in [-0.39, 0.29) is 0 Å². The summed E-state index contributed by atoms with van der Waals surface area (Å²) in [5, 5.41) is 9.86. The van der Waals surface area contributed by atoms with Crippen molar-refractivity contribution in [3.63, 3.8) is 0 Å². The Bertz CT molecular complexity index is 517. The summed E-state index contributed by atoms with van der Waals surface area (Å²) in [5.41, 5.74) is 2.70. The van der Waals surface area contributed by atoms with Gasteiger partial charge in [0.1, 0.15) is 0 Å². The van der Waals surface area contributed by atoms with Crippen LogP contribution in [-0.4, -0.2) is 14.5 Å². The van der Waals surface area contributed by atoms with E-state index in [0.717, 1.165) is 21.5 Å². The summed E-state index contributed by atoms with van der Waals surface area (Å²) in [6.45, 7) is 5.94. The number of aromatic nitrogens is 2. The SMILES string of the molecule is CC(C)c1nc2c(Br)cccn2c1C(C)O. The van der Waals surface area contributed by atoms with Crippen molar-refractivity contribution in [1.82, 2.24) is 9.38 Å². The molecule has 1 unspecified atom stereocenters. The van der Waals surface area contributed by atoms with Gasteiger partial charge in [0.15, 0.2) is 5.65 Å². The van der Waals surface area contributed by atoms with Crippen molar-refractivity contribution >= 4 is 21.6 Å². The Morgan fingerprint density at radius 2 is 2.06 bits per heavy atom. The fourth-order valence-electron chi connectivity index (χ4n) is 1.91. The van der Waals surface area contributed by atoms with Gasteiger partial charge >= 0.3 is 0 Å². The summed E-state index contributed by atoms with van der Waals surface area (Å²) in [4.78, 5) is 4.59. The van der Waals surface area contributed by atoms with Crippen LogP contribution in [-0.2, 0) is 0 Å². The van der Waals surface area contributed by atoms with Crippen molar-refractivity contribution in [3.05, 3.63) is 34.2 Å². The van der Waals surface area contributed by atoms with E-state index in [0.29, 0.717) is 5.92 Å². The summed E-state index contributed by atoms with van der Waals surface area (Å²) < 4.78 is 2.90. The molecular weight excluding hydrogens is 268 g/mol. The van der Waals surface area contributed by atoms with Crippen LogP contribution in [0.1, 0.15) is 44.2 Å². The minimum Gasteiger partial charge on any atom is -0.387 e. The second-order valence-corrected chi connectivity index (χ2v) is 5.12. The van der Waals surface area contributed by atoms with E-state index in [1.165, 1.54) is 0 Å². The van der Waals surface area contributed by atoms with Crippen LogP contribution in [0.2, 0.25) is 0 Å². The first kappa shape index (κ1) is 11.6. The Labute approximate surface area is 103 Å². The Morgan fingerprint density at radius 1 is 1.38 bits per heavy atom. The van der Waals surface area contributed by atoms with E-state index in [1.54, 1.807) is 6.92 Å². The molecule has 0 spiro atoms. The zero-order chi connectivity index (χ0) is 11.9. The molecule has 3 nitrogen and oxygen atoms in total. The van der Waals surface area contributed by atoms with Crippen molar-refractivity contribution < 1.29 is 5.11 Å². The van der Waals surface area contributed by atoms with Crippen LogP contribution in [0.15, 0.2) is 22.8 Å². The lowest BCUT2D eigenvalue weighted by Crippen LogP contribution is -2.02. The molecule has 16 heavy (non-hydrogen) atoms. The number of hydrogen-bond donors (Lipinski definition) is 1. The van der Waals surface area contributed by atoms with Gasteiger partial charge in [0.05, 0.1) is 22.0 Å². The highest BCUT2D eigenvalue weighted by molar-refractivity contribution is 9.10. The fourth-order valence-corrected chi connectivity index (χ4v) is 2.34. The highest BCUT2D eigenvalue weighted by atomic mass is 79.9. The smallest absolute Gasteiger partial charge is 0.151 e. The predicted octanol–water partition coefficient (Wildman–Crippen LogP) is 3.27. The number of aliphatic hydroxyl groups excluding tert-OH is 1. The summed E-state index contributed by atoms with van der Waals surface area (Å²) in [6, 6.07) is 3.90. The number of rotatable bonds is 2. The molecule has 0 saturated carbocycles. The monoisotopic (exact) mass is 282 g/mol. The largest absolute Gasteiger partial charge is 0.387 e. The summed E-state index contributed by atoms with van der Waals surface area (Å²) in [7, 11) is 0. The maximum Gasteiger partial charge on any atom is 0.151 e. The van der Waals surface area contributed by atoms with Gasteiger partial charge in [-0.05, 0) is 40.9 Å². The zero-order valence-electron chi connectivity index (χ0n) is 9.61. The van der Waals surface area contributed by atoms with Gasteiger partial charge in [-0.25, -0.2) is 4.98 Å². The highest BCUT2D eigenvalue weighted by Gasteiger charge is 2.19. The Hall–Kier alpha value is -0.870. The van der Waals surface area contributed by atoms with Gasteiger partial charge in [-0.1, -0.05) is 13.8 Å². The third-order valence-electron chi connectivity index (χ3n) is 2.61. The molecule has 0 bridgehead atoms. The molecule has 0 aliphatic rings. The molecule has 1 N–H and O–H groups in total. The quantitative estimate of drug-likeness (QED) is 0.918. The molecule has 2 aromatic rings. The molecule has 1 atom stereocenters. The zero-order valence-corrected chi connectivity index (χ0v) is 11.2. The van der Waals surface area contributed by atoms with E-state index < -0.39 is 6.10 Å². The summed E-state index contributed by atoms with van der Waals surface area (Å²) >= 11 is 3.48. The molecular formula is C12H15BrN2O. The Morgan fingerprint density at radius 3 is 2.62 bits per heavy atom. The lowest BCUT2D eigenvalue weighted by Gasteiger charge is -2.09. The van der Waals surface area contributed by atoms with E-state index in [2.05, 4.69) is 34.8 Å². The van der Waals surface area contributed by atoms with Crippen LogP contribution < -0.4 is 0 Å². The van der Waals surface area contributed by atoms with Crippen molar-refractivity contribution in [2.24, 2.45) is 0 Å². The summed E-state index contributed by atoms with van der Waals surface area (Å²) in [5.74, 6) is 0.302. The number of halogens is 1. The van der Waals surface area contributed by atoms with Crippen molar-refractivity contribution in [2.75, 3.05) is 0 Å². The average Bonchev–Trinajstić information content (AvgIpc) is 2.58. The maximum atomic E-state index is 9.86. The van der Waals surface area contributed by atoms with Gasteiger partial charge in [0.25, 0.3) is 0 Å². The molecule has 0 amide bonds. The lowest BCUT2D eigenvalue weighted by atomic mass is 10.1. The molecule has 2 rings (SSSR count). The van der Waals surface area contributed by atoms with Gasteiger partial charge in [-0.2, -0.15) is 0 Å². The van der Waals surface area contributed by atoms with Crippen LogP contribution >= 0.6 is 15.9 Å². The van der Waals surface area contributed by atoms with Gasteiger partial charge in [0, 0.05) is 6.20 Å². The first-order chi connectivity index (χ1) is 7.52. The molecule has 0 aromatic carbocycles. The molecule has 4 heteroatoms. The predicted molar refractivity (Wildman–Crippen MR) is 67.6 cm³/mol. The Balaban J connectivity index is 2.81. The standard InChI is InChI=1S/C12H15BrN2O/c1-7(2)10-11(8(3)16)15-6-4-5-9(13)12(15)14-10/h4-8,16H,1-3H3. The van der Waals surface area contributed by atoms with Crippen LogP contribution in [0.3, 0.4) is 0 Å². The molecule has 2 aromatic heterocycles. The highest BCUT2D eigenvalue weighted by Crippen LogP contribution is 2.28. The van der Waals surface area contributed by atoms with Gasteiger partial charge < -0.3 is 9.51 Å². The second-order valence-electron chi connectivity index (χ2n) is 4.26. The number of hydrogen-bond acceptors (Lipinski definition) is 2. The van der Waals surface area contributed by atoms with E-state index in [1.807, 2.05) is 22.7 Å². The Kier molecular flexibility index (Phi) is 3.04. The van der Waals surface area contributed by atoms with Crippen molar-refractivity contribution in [3.8, 4) is 0 Å². The number of nitrogens with zero attached hydrogens (tertiary/aromatic N) is 2. The third-order valence-corrected chi connectivity index (χ3v) is 3.23. The normalized spacial score (nSPS) is 13.6. The number of imidazole rings is 1. The van der Waals surface area contributed by atoms with Gasteiger partial charge in [-0.15, -0.1) is 0 Å². The van der Waals surface area contributed by atoms with Gasteiger partial charge in [-0.3, -0.25) is 0 Å². The topological polar surface area (TPSA) is 37.5 Å². The fraction of sp³-hybridized carbons (Fsp3) is 0.417. The molecule has 0 saturated heterocycles. The molecule has 0 radical (unpaired) electrons. The van der Waals surface area contributed by atoms with Crippen LogP contribution in [0.4, 0.5) is 0 Å². The van der Waals surface area contributed by atoms with Crippen molar-refractivity contribution in [1.29, 1.82) is 0 Å². The minimum atomic E-state index is -0.512. The van der Waals surface area contributed by atoms with Crippen molar-refractivity contribution in [2.45, 2.75) is 32.8 Å². The molecule has 86 valence electrons. The first-order valence-electron chi connectivity index (χ1n) is 5.36. The first-order valence-corrected chi connectivity index (χ1v) is 6.16. The molecule has 0 fully saturated rings. The van der Waals surface area contributed by atoms with E-state index in [9.17, 15) is 5.11 Å². The minimum absolute atomic E-state index is 0.302. The molecule has 2 heterocycles. The molecule has 0 aliphatic heterocycles. The second kappa shape index (κ2) is 4.18.